The summed E-state index contributed by atoms with van der Waals surface area (Å²) in [5, 5.41) is 1.96. The minimum absolute atomic E-state index is 0.0428. The van der Waals surface area contributed by atoms with Crippen molar-refractivity contribution in [3.63, 3.8) is 0 Å². The topological polar surface area (TPSA) is 65.6 Å². The zero-order valence-corrected chi connectivity index (χ0v) is 22.9. The Bertz CT molecular complexity index is 1750. The molecule has 1 unspecified atom stereocenters. The maximum absolute atomic E-state index is 13.8. The van der Waals surface area contributed by atoms with Gasteiger partial charge in [-0.15, -0.1) is 11.3 Å². The van der Waals surface area contributed by atoms with E-state index in [2.05, 4.69) is 4.99 Å². The predicted octanol–water partition coefficient (Wildman–Crippen LogP) is 5.06. The van der Waals surface area contributed by atoms with Crippen LogP contribution in [0, 0.1) is 19.7 Å². The van der Waals surface area contributed by atoms with Crippen molar-refractivity contribution in [2.24, 2.45) is 4.99 Å². The number of fused-ring (bicyclic) bond motifs is 1. The second kappa shape index (κ2) is 9.89. The summed E-state index contributed by atoms with van der Waals surface area (Å²) in [6.07, 6.45) is 1.84. The van der Waals surface area contributed by atoms with Crippen LogP contribution in [0.25, 0.3) is 11.8 Å². The Morgan fingerprint density at radius 1 is 1.24 bits per heavy atom. The summed E-state index contributed by atoms with van der Waals surface area (Å²) in [6.45, 7) is 7.62. The molecule has 190 valence electrons. The third-order valence-corrected chi connectivity index (χ3v) is 8.45. The Labute approximate surface area is 225 Å². The van der Waals surface area contributed by atoms with E-state index in [4.69, 9.17) is 16.3 Å². The molecule has 4 heterocycles. The Morgan fingerprint density at radius 3 is 2.70 bits per heavy atom. The van der Waals surface area contributed by atoms with Crippen molar-refractivity contribution >= 4 is 46.3 Å². The second-order valence-corrected chi connectivity index (χ2v) is 11.0. The molecule has 4 aromatic rings. The molecule has 6 nitrogen and oxygen atoms in total. The van der Waals surface area contributed by atoms with Crippen LogP contribution in [0.5, 0.6) is 0 Å². The number of aryl methyl sites for hydroxylation is 1. The molecular weight excluding hydrogens is 533 g/mol. The van der Waals surface area contributed by atoms with Gasteiger partial charge < -0.3 is 9.30 Å². The molecule has 1 aliphatic heterocycles. The number of carbonyl (C=O) groups excluding carboxylic acids is 1. The van der Waals surface area contributed by atoms with E-state index >= 15 is 0 Å². The molecule has 0 fully saturated rings. The normalized spacial score (nSPS) is 15.6. The van der Waals surface area contributed by atoms with Gasteiger partial charge in [-0.2, -0.15) is 0 Å². The molecule has 1 aliphatic rings. The van der Waals surface area contributed by atoms with Gasteiger partial charge in [0.15, 0.2) is 4.80 Å². The number of esters is 1. The summed E-state index contributed by atoms with van der Waals surface area (Å²) in [5.74, 6) is -0.954. The van der Waals surface area contributed by atoms with E-state index in [1.165, 1.54) is 28.7 Å². The van der Waals surface area contributed by atoms with Gasteiger partial charge in [0.05, 0.1) is 27.4 Å². The van der Waals surface area contributed by atoms with Crippen LogP contribution in [0.1, 0.15) is 41.7 Å². The minimum atomic E-state index is -0.605. The Balaban J connectivity index is 1.67. The fraction of sp³-hybridized carbons (Fsp3) is 0.222. The summed E-state index contributed by atoms with van der Waals surface area (Å²) < 4.78 is 23.1. The molecule has 0 saturated carbocycles. The van der Waals surface area contributed by atoms with Gasteiger partial charge in [0.1, 0.15) is 11.9 Å². The van der Waals surface area contributed by atoms with Gasteiger partial charge in [0, 0.05) is 22.0 Å². The van der Waals surface area contributed by atoms with Crippen molar-refractivity contribution in [1.82, 2.24) is 9.13 Å². The summed E-state index contributed by atoms with van der Waals surface area (Å²) in [7, 11) is 0. The Morgan fingerprint density at radius 2 is 2.03 bits per heavy atom. The van der Waals surface area contributed by atoms with Crippen molar-refractivity contribution in [2.75, 3.05) is 6.61 Å². The highest BCUT2D eigenvalue weighted by atomic mass is 35.5. The zero-order chi connectivity index (χ0) is 26.4. The predicted molar refractivity (Wildman–Crippen MR) is 145 cm³/mol. The fourth-order valence-electron chi connectivity index (χ4n) is 4.60. The van der Waals surface area contributed by atoms with Gasteiger partial charge in [0.2, 0.25) is 0 Å². The number of rotatable bonds is 5. The molecule has 10 heteroatoms. The van der Waals surface area contributed by atoms with Gasteiger partial charge in [-0.25, -0.2) is 14.2 Å². The standard InChI is InChI=1S/C27H23ClFN3O3S2/c1-5-35-26(34)23-15(3)30-27-32(24(23)21-7-6-10-36-21)25(33)22(37-27)12-17-11-14(2)31(16(17)4)18-8-9-20(29)19(28)13-18/h6-13,24H,5H2,1-4H3/b22-12-. The quantitative estimate of drug-likeness (QED) is 0.323. The summed E-state index contributed by atoms with van der Waals surface area (Å²) in [5.41, 5.74) is 4.05. The van der Waals surface area contributed by atoms with Gasteiger partial charge >= 0.3 is 5.97 Å². The van der Waals surface area contributed by atoms with Crippen molar-refractivity contribution in [1.29, 1.82) is 0 Å². The van der Waals surface area contributed by atoms with E-state index in [1.54, 1.807) is 30.5 Å². The number of thiophene rings is 1. The third-order valence-electron chi connectivity index (χ3n) is 6.25. The van der Waals surface area contributed by atoms with Crippen LogP contribution < -0.4 is 14.9 Å². The molecule has 0 radical (unpaired) electrons. The molecule has 5 rings (SSSR count). The molecule has 0 bridgehead atoms. The van der Waals surface area contributed by atoms with Gasteiger partial charge in [-0.05, 0) is 75.0 Å². The van der Waals surface area contributed by atoms with Crippen molar-refractivity contribution in [3.8, 4) is 5.69 Å². The molecule has 3 aromatic heterocycles. The lowest BCUT2D eigenvalue weighted by Crippen LogP contribution is -2.39. The number of halogens is 2. The number of aromatic nitrogens is 2. The van der Waals surface area contributed by atoms with Crippen molar-refractivity contribution < 1.29 is 13.9 Å². The first kappa shape index (κ1) is 25.4. The average molecular weight is 556 g/mol. The van der Waals surface area contributed by atoms with E-state index in [9.17, 15) is 14.0 Å². The van der Waals surface area contributed by atoms with Crippen molar-refractivity contribution in [3.05, 3.63) is 105 Å². The highest BCUT2D eigenvalue weighted by molar-refractivity contribution is 7.10. The molecule has 0 spiro atoms. The van der Waals surface area contributed by atoms with E-state index in [1.807, 2.05) is 48.1 Å². The number of allylic oxidation sites excluding steroid dienone is 1. The molecule has 0 N–H and O–H groups in total. The van der Waals surface area contributed by atoms with Gasteiger partial charge in [-0.3, -0.25) is 9.36 Å². The SMILES string of the molecule is CCOC(=O)C1=C(C)N=c2s/c(=C\c3cc(C)n(-c4ccc(F)c(Cl)c4)c3C)c(=O)n2C1c1cccs1. The molecule has 37 heavy (non-hydrogen) atoms. The second-order valence-electron chi connectivity index (χ2n) is 8.58. The number of thiazole rings is 1. The molecule has 1 atom stereocenters. The Hall–Kier alpha value is -3.27. The first-order valence-corrected chi connectivity index (χ1v) is 13.7. The Kier molecular flexibility index (Phi) is 6.78. The number of hydrogen-bond acceptors (Lipinski definition) is 6. The molecule has 1 aromatic carbocycles. The van der Waals surface area contributed by atoms with Crippen LogP contribution in [-0.2, 0) is 9.53 Å². The molecule has 0 aliphatic carbocycles. The molecule has 0 saturated heterocycles. The minimum Gasteiger partial charge on any atom is -0.463 e. The van der Waals surface area contributed by atoms with Crippen LogP contribution in [0.4, 0.5) is 4.39 Å². The maximum atomic E-state index is 13.8. The van der Waals surface area contributed by atoms with Crippen LogP contribution in [0.3, 0.4) is 0 Å². The zero-order valence-electron chi connectivity index (χ0n) is 20.5. The van der Waals surface area contributed by atoms with Crippen LogP contribution in [-0.4, -0.2) is 21.7 Å². The highest BCUT2D eigenvalue weighted by Gasteiger charge is 2.33. The van der Waals surface area contributed by atoms with Crippen LogP contribution >= 0.6 is 34.3 Å². The summed E-state index contributed by atoms with van der Waals surface area (Å²) in [4.78, 5) is 32.7. The van der Waals surface area contributed by atoms with E-state index in [0.29, 0.717) is 20.6 Å². The van der Waals surface area contributed by atoms with Crippen molar-refractivity contribution in [2.45, 2.75) is 33.7 Å². The largest absolute Gasteiger partial charge is 0.463 e. The van der Waals surface area contributed by atoms with Crippen LogP contribution in [0.2, 0.25) is 5.02 Å². The van der Waals surface area contributed by atoms with Gasteiger partial charge in [0.25, 0.3) is 5.56 Å². The number of carbonyl (C=O) groups is 1. The van der Waals surface area contributed by atoms with E-state index in [-0.39, 0.29) is 17.2 Å². The lowest BCUT2D eigenvalue weighted by atomic mass is 10.0. The van der Waals surface area contributed by atoms with E-state index in [0.717, 1.165) is 27.5 Å². The lowest BCUT2D eigenvalue weighted by molar-refractivity contribution is -0.139. The monoisotopic (exact) mass is 555 g/mol. The molecule has 0 amide bonds. The van der Waals surface area contributed by atoms with Crippen LogP contribution in [0.15, 0.2) is 62.8 Å². The number of ether oxygens (including phenoxy) is 1. The third kappa shape index (κ3) is 4.41. The fourth-order valence-corrected chi connectivity index (χ4v) is 6.64. The summed E-state index contributed by atoms with van der Waals surface area (Å²) >= 11 is 8.77. The maximum Gasteiger partial charge on any atom is 0.338 e. The molecular formula is C27H23ClFN3O3S2. The first-order chi connectivity index (χ1) is 17.7. The van der Waals surface area contributed by atoms with Gasteiger partial charge in [-0.1, -0.05) is 29.0 Å². The average Bonchev–Trinajstić information content (AvgIpc) is 3.55. The number of benzene rings is 1. The lowest BCUT2D eigenvalue weighted by Gasteiger charge is -2.23. The highest BCUT2D eigenvalue weighted by Crippen LogP contribution is 2.33. The van der Waals surface area contributed by atoms with E-state index < -0.39 is 17.8 Å². The smallest absolute Gasteiger partial charge is 0.338 e. The first-order valence-electron chi connectivity index (χ1n) is 11.6. The summed E-state index contributed by atoms with van der Waals surface area (Å²) in [6, 6.07) is 9.75. The number of nitrogens with zero attached hydrogens (tertiary/aromatic N) is 3. The number of hydrogen-bond donors (Lipinski definition) is 0.